The lowest BCUT2D eigenvalue weighted by Crippen LogP contribution is -2.38. The molecule has 2 heterocycles. The smallest absolute Gasteiger partial charge is 0.257 e. The number of carbonyl (C=O) groups is 1. The number of rotatable bonds is 3. The van der Waals surface area contributed by atoms with E-state index in [1.807, 2.05) is 17.0 Å². The molecule has 0 radical (unpaired) electrons. The van der Waals surface area contributed by atoms with E-state index in [2.05, 4.69) is 30.1 Å². The first-order valence-electron chi connectivity index (χ1n) is 8.49. The number of aryl methyl sites for hydroxylation is 1. The predicted molar refractivity (Wildman–Crippen MR) is 102 cm³/mol. The van der Waals surface area contributed by atoms with E-state index in [0.29, 0.717) is 17.3 Å². The number of aromatic nitrogens is 1. The van der Waals surface area contributed by atoms with Gasteiger partial charge < -0.3 is 10.6 Å². The molecular weight excluding hydrogens is 334 g/mol. The average molecular weight is 356 g/mol. The van der Waals surface area contributed by atoms with Crippen LogP contribution in [0.25, 0.3) is 6.08 Å². The molecule has 5 heteroatoms. The number of amides is 1. The maximum atomic E-state index is 12.6. The normalized spacial score (nSPS) is 15.7. The van der Waals surface area contributed by atoms with E-state index in [9.17, 15) is 4.79 Å². The molecule has 1 aliphatic rings. The Bertz CT molecular complexity index is 775. The molecule has 2 N–H and O–H groups in total. The van der Waals surface area contributed by atoms with Gasteiger partial charge in [0.15, 0.2) is 0 Å². The van der Waals surface area contributed by atoms with E-state index in [-0.39, 0.29) is 5.91 Å². The summed E-state index contributed by atoms with van der Waals surface area (Å²) in [6.45, 7) is 3.51. The van der Waals surface area contributed by atoms with Gasteiger partial charge in [-0.25, -0.2) is 4.98 Å². The minimum Gasteiger partial charge on any atom is -0.383 e. The molecule has 4 nitrogen and oxygen atoms in total. The molecule has 25 heavy (non-hydrogen) atoms. The van der Waals surface area contributed by atoms with Crippen molar-refractivity contribution in [1.29, 1.82) is 0 Å². The standard InChI is InChI=1S/C20H22ClN3O/c1-14-4-2-6-18(21)16(14)8-7-15-9-12-24(13-10-15)20(25)17-5-3-11-23-19(17)22/h2-8,11,15H,9-10,12-13H2,1H3,(H2,22,23). The van der Waals surface area contributed by atoms with Crippen molar-refractivity contribution in [2.75, 3.05) is 18.8 Å². The molecule has 130 valence electrons. The second-order valence-corrected chi connectivity index (χ2v) is 6.80. The molecule has 1 aromatic carbocycles. The lowest BCUT2D eigenvalue weighted by Gasteiger charge is -2.31. The van der Waals surface area contributed by atoms with Crippen LogP contribution in [-0.2, 0) is 0 Å². The Kier molecular flexibility index (Phi) is 5.39. The highest BCUT2D eigenvalue weighted by Crippen LogP contribution is 2.25. The number of carbonyl (C=O) groups excluding carboxylic acids is 1. The third-order valence-electron chi connectivity index (χ3n) is 4.70. The van der Waals surface area contributed by atoms with Crippen LogP contribution in [0.5, 0.6) is 0 Å². The lowest BCUT2D eigenvalue weighted by molar-refractivity contribution is 0.0706. The number of anilines is 1. The molecule has 2 aromatic rings. The van der Waals surface area contributed by atoms with Crippen LogP contribution in [0.2, 0.25) is 5.02 Å². The van der Waals surface area contributed by atoms with Crippen LogP contribution in [0.4, 0.5) is 5.82 Å². The number of halogens is 1. The number of nitrogens with zero attached hydrogens (tertiary/aromatic N) is 2. The Morgan fingerprint density at radius 2 is 2.04 bits per heavy atom. The van der Waals surface area contributed by atoms with Crippen molar-refractivity contribution >= 4 is 29.4 Å². The van der Waals surface area contributed by atoms with Gasteiger partial charge in [0.05, 0.1) is 5.56 Å². The van der Waals surface area contributed by atoms with E-state index >= 15 is 0 Å². The van der Waals surface area contributed by atoms with Crippen LogP contribution in [0, 0.1) is 12.8 Å². The number of hydrogen-bond acceptors (Lipinski definition) is 3. The van der Waals surface area contributed by atoms with Crippen molar-refractivity contribution in [2.45, 2.75) is 19.8 Å². The monoisotopic (exact) mass is 355 g/mol. The van der Waals surface area contributed by atoms with E-state index in [4.69, 9.17) is 17.3 Å². The molecule has 0 spiro atoms. The van der Waals surface area contributed by atoms with Gasteiger partial charge in [-0.05, 0) is 55.0 Å². The molecular formula is C20H22ClN3O. The highest BCUT2D eigenvalue weighted by Gasteiger charge is 2.23. The number of nitrogen functional groups attached to an aromatic ring is 1. The van der Waals surface area contributed by atoms with E-state index in [1.165, 1.54) is 5.56 Å². The summed E-state index contributed by atoms with van der Waals surface area (Å²) in [4.78, 5) is 18.4. The van der Waals surface area contributed by atoms with Crippen molar-refractivity contribution in [1.82, 2.24) is 9.88 Å². The number of nitrogens with two attached hydrogens (primary N) is 1. The van der Waals surface area contributed by atoms with E-state index in [0.717, 1.165) is 36.5 Å². The fourth-order valence-electron chi connectivity index (χ4n) is 3.15. The summed E-state index contributed by atoms with van der Waals surface area (Å²) >= 11 is 6.27. The fraction of sp³-hybridized carbons (Fsp3) is 0.300. The summed E-state index contributed by atoms with van der Waals surface area (Å²) in [5.74, 6) is 0.713. The molecule has 0 atom stereocenters. The summed E-state index contributed by atoms with van der Waals surface area (Å²) in [6, 6.07) is 9.41. The maximum Gasteiger partial charge on any atom is 0.257 e. The van der Waals surface area contributed by atoms with Gasteiger partial charge in [0, 0.05) is 24.3 Å². The molecule has 1 aromatic heterocycles. The van der Waals surface area contributed by atoms with Crippen LogP contribution in [0.1, 0.15) is 34.3 Å². The van der Waals surface area contributed by atoms with Crippen molar-refractivity contribution in [3.8, 4) is 0 Å². The first-order chi connectivity index (χ1) is 12.1. The quantitative estimate of drug-likeness (QED) is 0.897. The molecule has 1 amide bonds. The first-order valence-corrected chi connectivity index (χ1v) is 8.87. The zero-order chi connectivity index (χ0) is 17.8. The van der Waals surface area contributed by atoms with Gasteiger partial charge in [-0.3, -0.25) is 4.79 Å². The summed E-state index contributed by atoms with van der Waals surface area (Å²) in [5, 5.41) is 0.774. The van der Waals surface area contributed by atoms with Crippen LogP contribution in [0.15, 0.2) is 42.6 Å². The Morgan fingerprint density at radius 3 is 2.72 bits per heavy atom. The van der Waals surface area contributed by atoms with Gasteiger partial charge in [0.2, 0.25) is 0 Å². The van der Waals surface area contributed by atoms with Gasteiger partial charge in [0.25, 0.3) is 5.91 Å². The second kappa shape index (κ2) is 7.70. The Hall–Kier alpha value is -2.33. The SMILES string of the molecule is Cc1cccc(Cl)c1C=CC1CCN(C(=O)c2cccnc2N)CC1. The summed E-state index contributed by atoms with van der Waals surface area (Å²) in [7, 11) is 0. The summed E-state index contributed by atoms with van der Waals surface area (Å²) in [6.07, 6.45) is 7.80. The van der Waals surface area contributed by atoms with E-state index < -0.39 is 0 Å². The fourth-order valence-corrected chi connectivity index (χ4v) is 3.44. The highest BCUT2D eigenvalue weighted by atomic mass is 35.5. The van der Waals surface area contributed by atoms with Crippen molar-refractivity contribution in [2.24, 2.45) is 5.92 Å². The van der Waals surface area contributed by atoms with Crippen LogP contribution in [0.3, 0.4) is 0 Å². The Labute approximate surface area is 153 Å². The third-order valence-corrected chi connectivity index (χ3v) is 5.03. The minimum absolute atomic E-state index is 0.0324. The number of benzene rings is 1. The lowest BCUT2D eigenvalue weighted by atomic mass is 9.94. The molecule has 1 aliphatic heterocycles. The van der Waals surface area contributed by atoms with Crippen molar-refractivity contribution in [3.05, 3.63) is 64.3 Å². The molecule has 1 saturated heterocycles. The topological polar surface area (TPSA) is 59.2 Å². The molecule has 3 rings (SSSR count). The van der Waals surface area contributed by atoms with Gasteiger partial charge >= 0.3 is 0 Å². The van der Waals surface area contributed by atoms with Gasteiger partial charge in [-0.15, -0.1) is 0 Å². The summed E-state index contributed by atoms with van der Waals surface area (Å²) in [5.41, 5.74) is 8.55. The summed E-state index contributed by atoms with van der Waals surface area (Å²) < 4.78 is 0. The number of allylic oxidation sites excluding steroid dienone is 1. The van der Waals surface area contributed by atoms with E-state index in [1.54, 1.807) is 18.3 Å². The van der Waals surface area contributed by atoms with Crippen molar-refractivity contribution < 1.29 is 4.79 Å². The van der Waals surface area contributed by atoms with Gasteiger partial charge in [-0.1, -0.05) is 35.9 Å². The molecule has 0 aliphatic carbocycles. The zero-order valence-electron chi connectivity index (χ0n) is 14.3. The zero-order valence-corrected chi connectivity index (χ0v) is 15.0. The highest BCUT2D eigenvalue weighted by molar-refractivity contribution is 6.32. The number of pyridine rings is 1. The molecule has 0 bridgehead atoms. The van der Waals surface area contributed by atoms with Crippen LogP contribution in [-0.4, -0.2) is 28.9 Å². The first kappa shape index (κ1) is 17.5. The number of piperidine rings is 1. The number of hydrogen-bond donors (Lipinski definition) is 1. The molecule has 0 saturated carbocycles. The largest absolute Gasteiger partial charge is 0.383 e. The Morgan fingerprint density at radius 1 is 1.28 bits per heavy atom. The van der Waals surface area contributed by atoms with Crippen molar-refractivity contribution in [3.63, 3.8) is 0 Å². The Balaban J connectivity index is 1.62. The predicted octanol–water partition coefficient (Wildman–Crippen LogP) is 4.19. The van der Waals surface area contributed by atoms with Crippen LogP contribution < -0.4 is 5.73 Å². The van der Waals surface area contributed by atoms with Gasteiger partial charge in [0.1, 0.15) is 5.82 Å². The minimum atomic E-state index is -0.0324. The maximum absolute atomic E-state index is 12.6. The average Bonchev–Trinajstić information content (AvgIpc) is 2.62. The number of likely N-dealkylation sites (tertiary alicyclic amines) is 1. The van der Waals surface area contributed by atoms with Crippen LogP contribution >= 0.6 is 11.6 Å². The second-order valence-electron chi connectivity index (χ2n) is 6.40. The third kappa shape index (κ3) is 4.02. The molecule has 1 fully saturated rings. The van der Waals surface area contributed by atoms with Gasteiger partial charge in [-0.2, -0.15) is 0 Å². The molecule has 0 unspecified atom stereocenters.